The Morgan fingerprint density at radius 1 is 0.775 bits per heavy atom. The molecule has 0 unspecified atom stereocenters. The fourth-order valence-electron chi connectivity index (χ4n) is 6.41. The van der Waals surface area contributed by atoms with Crippen LogP contribution in [0.1, 0.15) is 44.1 Å². The number of nitrogens with one attached hydrogen (secondary N) is 2. The molecule has 0 radical (unpaired) electrons. The van der Waals surface area contributed by atoms with Gasteiger partial charge in [0.2, 0.25) is 5.95 Å². The number of benzene rings is 2. The van der Waals surface area contributed by atoms with Crippen molar-refractivity contribution in [3.05, 3.63) is 71.2 Å². The number of hydrogen-bond acceptors (Lipinski definition) is 6. The first kappa shape index (κ1) is 27.1. The van der Waals surface area contributed by atoms with Gasteiger partial charge in [0.1, 0.15) is 11.6 Å². The molecule has 2 aromatic carbocycles. The zero-order valence-electron chi connectivity index (χ0n) is 23.0. The van der Waals surface area contributed by atoms with Crippen molar-refractivity contribution in [3.8, 4) is 0 Å². The van der Waals surface area contributed by atoms with E-state index in [1.54, 1.807) is 0 Å². The van der Waals surface area contributed by atoms with Gasteiger partial charge in [-0.15, -0.1) is 0 Å². The van der Waals surface area contributed by atoms with Gasteiger partial charge >= 0.3 is 0 Å². The standard InChI is InChI=1S/C31H38ClN7S/c32-25-10-8-9-24(21-25)31(13-4-5-14-31)23-33-30(40)36-29-34-27(38-15-6-7-16-38)22-28(35-29)39-19-17-37(18-20-39)26-11-2-1-3-12-26/h1-3,8-12,21-22H,4-7,13-20,23H2,(H2,33,34,35,36,40). The highest BCUT2D eigenvalue weighted by Crippen LogP contribution is 2.41. The second-order valence-electron chi connectivity index (χ2n) is 11.2. The van der Waals surface area contributed by atoms with E-state index < -0.39 is 0 Å². The lowest BCUT2D eigenvalue weighted by molar-refractivity contribution is 0.435. The molecule has 1 aliphatic carbocycles. The summed E-state index contributed by atoms with van der Waals surface area (Å²) in [5.41, 5.74) is 2.61. The maximum atomic E-state index is 6.36. The topological polar surface area (TPSA) is 59.6 Å². The Balaban J connectivity index is 1.15. The average Bonchev–Trinajstić information content (AvgIpc) is 3.70. The Hall–Kier alpha value is -3.10. The van der Waals surface area contributed by atoms with E-state index in [0.29, 0.717) is 11.1 Å². The molecule has 9 heteroatoms. The molecule has 0 amide bonds. The number of anilines is 4. The summed E-state index contributed by atoms with van der Waals surface area (Å²) in [6, 6.07) is 21.1. The molecule has 7 nitrogen and oxygen atoms in total. The van der Waals surface area contributed by atoms with E-state index in [1.165, 1.54) is 36.9 Å². The van der Waals surface area contributed by atoms with E-state index in [2.05, 4.69) is 73.9 Å². The smallest absolute Gasteiger partial charge is 0.232 e. The molecule has 1 saturated carbocycles. The number of piperazine rings is 1. The molecule has 2 N–H and O–H groups in total. The molecule has 3 fully saturated rings. The van der Waals surface area contributed by atoms with Crippen LogP contribution in [0.25, 0.3) is 0 Å². The summed E-state index contributed by atoms with van der Waals surface area (Å²) >= 11 is 12.1. The summed E-state index contributed by atoms with van der Waals surface area (Å²) in [6.07, 6.45) is 7.09. The molecule has 2 aliphatic heterocycles. The van der Waals surface area contributed by atoms with Gasteiger partial charge in [-0.2, -0.15) is 9.97 Å². The minimum absolute atomic E-state index is 0.0402. The van der Waals surface area contributed by atoms with Crippen molar-refractivity contribution in [2.75, 3.05) is 65.8 Å². The molecule has 3 heterocycles. The Labute approximate surface area is 247 Å². The Bertz CT molecular complexity index is 1300. The zero-order valence-corrected chi connectivity index (χ0v) is 24.6. The lowest BCUT2D eigenvalue weighted by Gasteiger charge is -2.37. The first-order valence-electron chi connectivity index (χ1n) is 14.6. The van der Waals surface area contributed by atoms with Crippen molar-refractivity contribution in [1.29, 1.82) is 0 Å². The summed E-state index contributed by atoms with van der Waals surface area (Å²) in [7, 11) is 0. The molecule has 210 valence electrons. The lowest BCUT2D eigenvalue weighted by Crippen LogP contribution is -2.47. The number of hydrogen-bond donors (Lipinski definition) is 2. The molecular formula is C31H38ClN7S. The molecule has 1 aromatic heterocycles. The van der Waals surface area contributed by atoms with Gasteiger partial charge < -0.3 is 25.3 Å². The Kier molecular flexibility index (Phi) is 8.25. The minimum atomic E-state index is 0.0402. The molecule has 40 heavy (non-hydrogen) atoms. The predicted octanol–water partition coefficient (Wildman–Crippen LogP) is 5.86. The number of rotatable bonds is 7. The van der Waals surface area contributed by atoms with E-state index in [-0.39, 0.29) is 5.41 Å². The molecule has 0 atom stereocenters. The van der Waals surface area contributed by atoms with Crippen LogP contribution in [0, 0.1) is 0 Å². The molecule has 2 saturated heterocycles. The van der Waals surface area contributed by atoms with E-state index in [0.717, 1.165) is 75.3 Å². The molecule has 0 spiro atoms. The number of para-hydroxylation sites is 1. The van der Waals surface area contributed by atoms with Crippen molar-refractivity contribution in [3.63, 3.8) is 0 Å². The highest BCUT2D eigenvalue weighted by molar-refractivity contribution is 7.80. The second kappa shape index (κ2) is 12.2. The van der Waals surface area contributed by atoms with Gasteiger partial charge in [0.25, 0.3) is 0 Å². The van der Waals surface area contributed by atoms with Gasteiger partial charge in [-0.3, -0.25) is 0 Å². The van der Waals surface area contributed by atoms with E-state index in [4.69, 9.17) is 33.8 Å². The average molecular weight is 576 g/mol. The van der Waals surface area contributed by atoms with Crippen LogP contribution >= 0.6 is 23.8 Å². The van der Waals surface area contributed by atoms with Crippen LogP contribution < -0.4 is 25.3 Å². The van der Waals surface area contributed by atoms with Crippen molar-refractivity contribution >= 4 is 52.2 Å². The summed E-state index contributed by atoms with van der Waals surface area (Å²) in [6.45, 7) is 6.57. The van der Waals surface area contributed by atoms with Gasteiger partial charge in [-0.1, -0.05) is 54.8 Å². The summed E-state index contributed by atoms with van der Waals surface area (Å²) in [5, 5.41) is 8.19. The summed E-state index contributed by atoms with van der Waals surface area (Å²) in [5.74, 6) is 2.50. The van der Waals surface area contributed by atoms with E-state index >= 15 is 0 Å². The first-order valence-corrected chi connectivity index (χ1v) is 15.4. The highest BCUT2D eigenvalue weighted by atomic mass is 35.5. The van der Waals surface area contributed by atoms with Crippen LogP contribution in [0.15, 0.2) is 60.7 Å². The first-order chi connectivity index (χ1) is 19.6. The van der Waals surface area contributed by atoms with Crippen molar-refractivity contribution in [2.24, 2.45) is 0 Å². The van der Waals surface area contributed by atoms with Gasteiger partial charge in [-0.25, -0.2) is 0 Å². The maximum absolute atomic E-state index is 6.36. The van der Waals surface area contributed by atoms with Crippen LogP contribution in [0.4, 0.5) is 23.3 Å². The van der Waals surface area contributed by atoms with Crippen molar-refractivity contribution < 1.29 is 0 Å². The number of halogens is 1. The van der Waals surface area contributed by atoms with Crippen LogP contribution in [-0.2, 0) is 5.41 Å². The Morgan fingerprint density at radius 3 is 2.10 bits per heavy atom. The highest BCUT2D eigenvalue weighted by Gasteiger charge is 2.36. The van der Waals surface area contributed by atoms with Crippen LogP contribution in [0.5, 0.6) is 0 Å². The van der Waals surface area contributed by atoms with Gasteiger partial charge in [0.15, 0.2) is 5.11 Å². The number of thiocarbonyl (C=S) groups is 1. The van der Waals surface area contributed by atoms with Crippen LogP contribution in [-0.4, -0.2) is 60.9 Å². The van der Waals surface area contributed by atoms with Crippen molar-refractivity contribution in [1.82, 2.24) is 15.3 Å². The van der Waals surface area contributed by atoms with Gasteiger partial charge in [-0.05, 0) is 67.7 Å². The monoisotopic (exact) mass is 575 g/mol. The van der Waals surface area contributed by atoms with E-state index in [9.17, 15) is 0 Å². The summed E-state index contributed by atoms with van der Waals surface area (Å²) < 4.78 is 0. The molecule has 0 bridgehead atoms. The van der Waals surface area contributed by atoms with Crippen molar-refractivity contribution in [2.45, 2.75) is 43.9 Å². The van der Waals surface area contributed by atoms with E-state index in [1.807, 2.05) is 12.1 Å². The number of nitrogens with zero attached hydrogens (tertiary/aromatic N) is 5. The Morgan fingerprint density at radius 2 is 1.43 bits per heavy atom. The van der Waals surface area contributed by atoms with Crippen LogP contribution in [0.3, 0.4) is 0 Å². The minimum Gasteiger partial charge on any atom is -0.368 e. The zero-order chi connectivity index (χ0) is 27.4. The van der Waals surface area contributed by atoms with Gasteiger partial charge in [0, 0.05) is 68.0 Å². The third-order valence-electron chi connectivity index (χ3n) is 8.66. The van der Waals surface area contributed by atoms with Crippen LogP contribution in [0.2, 0.25) is 5.02 Å². The SMILES string of the molecule is S=C(NCC1(c2cccc(Cl)c2)CCCC1)Nc1nc(N2CCCC2)cc(N2CCN(c3ccccc3)CC2)n1. The third-order valence-corrected chi connectivity index (χ3v) is 9.15. The fourth-order valence-corrected chi connectivity index (χ4v) is 6.77. The second-order valence-corrected chi connectivity index (χ2v) is 12.1. The van der Waals surface area contributed by atoms with Gasteiger partial charge in [0.05, 0.1) is 0 Å². The largest absolute Gasteiger partial charge is 0.368 e. The lowest BCUT2D eigenvalue weighted by atomic mass is 9.79. The maximum Gasteiger partial charge on any atom is 0.232 e. The molecule has 6 rings (SSSR count). The quantitative estimate of drug-likeness (QED) is 0.340. The number of aromatic nitrogens is 2. The fraction of sp³-hybridized carbons (Fsp3) is 0.452. The normalized spacial score (nSPS) is 18.7. The molecule has 3 aromatic rings. The third kappa shape index (κ3) is 6.13. The summed E-state index contributed by atoms with van der Waals surface area (Å²) in [4.78, 5) is 17.0. The predicted molar refractivity (Wildman–Crippen MR) is 170 cm³/mol. The molecule has 3 aliphatic rings. The molecular weight excluding hydrogens is 538 g/mol.